The molecule has 1 spiro atoms. The predicted molar refractivity (Wildman–Crippen MR) is 126 cm³/mol. The molecule has 2 saturated heterocycles. The van der Waals surface area contributed by atoms with Gasteiger partial charge in [0.15, 0.2) is 23.2 Å². The number of aliphatic hydroxyl groups is 2. The molecule has 35 heavy (non-hydrogen) atoms. The summed E-state index contributed by atoms with van der Waals surface area (Å²) in [7, 11) is -4.27. The Morgan fingerprint density at radius 1 is 1.17 bits per heavy atom. The number of benzene rings is 1. The van der Waals surface area contributed by atoms with Crippen molar-refractivity contribution in [3.8, 4) is 0 Å². The van der Waals surface area contributed by atoms with Gasteiger partial charge < -0.3 is 29.6 Å². The number of aromatic nitrogens is 4. The zero-order chi connectivity index (χ0) is 24.5. The minimum atomic E-state index is -4.27. The van der Waals surface area contributed by atoms with E-state index >= 15 is 0 Å². The number of hydrogen-bond acceptors (Lipinski definition) is 8. The summed E-state index contributed by atoms with van der Waals surface area (Å²) in [6, 6.07) is 8.53. The number of aryl methyl sites for hydroxylation is 1. The van der Waals surface area contributed by atoms with Crippen molar-refractivity contribution in [1.29, 1.82) is 0 Å². The van der Waals surface area contributed by atoms with Crippen LogP contribution in [0.2, 0.25) is 5.28 Å². The van der Waals surface area contributed by atoms with Crippen LogP contribution in [0.1, 0.15) is 30.2 Å². The van der Waals surface area contributed by atoms with Crippen LogP contribution in [-0.4, -0.2) is 77.1 Å². The van der Waals surface area contributed by atoms with Gasteiger partial charge in [-0.2, -0.15) is 9.97 Å². The molecule has 0 amide bonds. The second-order valence-corrected chi connectivity index (χ2v) is 11.8. The van der Waals surface area contributed by atoms with E-state index in [0.29, 0.717) is 17.0 Å². The van der Waals surface area contributed by atoms with Gasteiger partial charge in [0.1, 0.15) is 12.2 Å². The van der Waals surface area contributed by atoms with Crippen molar-refractivity contribution in [2.75, 3.05) is 24.2 Å². The van der Waals surface area contributed by atoms with Gasteiger partial charge in [0.25, 0.3) is 0 Å². The average molecular weight is 522 g/mol. The normalized spacial score (nSPS) is 27.5. The maximum absolute atomic E-state index is 11.2. The molecule has 1 aliphatic carbocycles. The molecule has 4 N–H and O–H groups in total. The molecule has 0 saturated carbocycles. The number of ether oxygens (including phenoxy) is 1. The lowest BCUT2D eigenvalue weighted by Gasteiger charge is -2.49. The fraction of sp³-hybridized carbons (Fsp3) is 0.500. The van der Waals surface area contributed by atoms with Crippen molar-refractivity contribution in [1.82, 2.24) is 19.5 Å². The van der Waals surface area contributed by atoms with E-state index in [9.17, 15) is 14.8 Å². The highest BCUT2D eigenvalue weighted by molar-refractivity contribution is 7.51. The first-order chi connectivity index (χ1) is 16.7. The van der Waals surface area contributed by atoms with E-state index in [1.165, 1.54) is 22.0 Å². The van der Waals surface area contributed by atoms with Crippen LogP contribution < -0.4 is 4.90 Å². The Kier molecular flexibility index (Phi) is 5.46. The Morgan fingerprint density at radius 2 is 1.94 bits per heavy atom. The molecular formula is C22H25ClN5O6P. The van der Waals surface area contributed by atoms with Crippen LogP contribution >= 0.6 is 19.2 Å². The number of imidazole rings is 1. The minimum absolute atomic E-state index is 0.0214. The van der Waals surface area contributed by atoms with Crippen LogP contribution in [-0.2, 0) is 21.1 Å². The highest BCUT2D eigenvalue weighted by Gasteiger charge is 2.49. The third-order valence-electron chi connectivity index (χ3n) is 7.44. The smallest absolute Gasteiger partial charge is 0.325 e. The fourth-order valence-corrected chi connectivity index (χ4v) is 6.45. The van der Waals surface area contributed by atoms with E-state index in [4.69, 9.17) is 26.1 Å². The molecule has 0 bridgehead atoms. The number of nitrogens with zero attached hydrogens (tertiary/aromatic N) is 5. The molecule has 0 radical (unpaired) electrons. The summed E-state index contributed by atoms with van der Waals surface area (Å²) in [5, 5.41) is 21.1. The minimum Gasteiger partial charge on any atom is -0.388 e. The molecule has 1 unspecified atom stereocenters. The summed E-state index contributed by atoms with van der Waals surface area (Å²) in [4.78, 5) is 33.7. The zero-order valence-electron chi connectivity index (χ0n) is 18.6. The summed E-state index contributed by atoms with van der Waals surface area (Å²) < 4.78 is 18.5. The zero-order valence-corrected chi connectivity index (χ0v) is 20.3. The molecule has 2 aromatic heterocycles. The van der Waals surface area contributed by atoms with E-state index in [-0.39, 0.29) is 17.1 Å². The molecule has 11 nitrogen and oxygen atoms in total. The van der Waals surface area contributed by atoms with Crippen LogP contribution in [0.4, 0.5) is 5.82 Å². The third-order valence-corrected chi connectivity index (χ3v) is 8.45. The summed E-state index contributed by atoms with van der Waals surface area (Å²) in [5.74, 6) is 0.597. The Bertz CT molecular complexity index is 1340. The quantitative estimate of drug-likeness (QED) is 0.286. The molecule has 3 aliphatic rings. The van der Waals surface area contributed by atoms with Crippen molar-refractivity contribution in [2.45, 2.75) is 49.2 Å². The lowest BCUT2D eigenvalue weighted by Crippen LogP contribution is -2.58. The van der Waals surface area contributed by atoms with Gasteiger partial charge in [0, 0.05) is 18.5 Å². The van der Waals surface area contributed by atoms with Gasteiger partial charge in [-0.15, -0.1) is 0 Å². The Hall–Kier alpha value is -2.11. The van der Waals surface area contributed by atoms with Crippen LogP contribution in [0.15, 0.2) is 30.6 Å². The lowest BCUT2D eigenvalue weighted by molar-refractivity contribution is -0.0355. The summed E-state index contributed by atoms with van der Waals surface area (Å²) >= 11 is 6.28. The van der Waals surface area contributed by atoms with Crippen LogP contribution in [0.25, 0.3) is 11.2 Å². The molecule has 1 aromatic carbocycles. The SMILES string of the molecule is O=P(O)(O)CC[C@H]1O[C@@H](n2cnc3c(N4CC5(CCc6ccccc65)C4)nc(Cl)nc32)[C@@H](O)C1O. The van der Waals surface area contributed by atoms with Gasteiger partial charge in [-0.25, -0.2) is 4.98 Å². The largest absolute Gasteiger partial charge is 0.388 e. The Balaban J connectivity index is 1.27. The number of aliphatic hydroxyl groups excluding tert-OH is 2. The monoisotopic (exact) mass is 521 g/mol. The molecule has 2 fully saturated rings. The first kappa shape index (κ1) is 23.3. The van der Waals surface area contributed by atoms with Gasteiger partial charge >= 0.3 is 7.60 Å². The summed E-state index contributed by atoms with van der Waals surface area (Å²) in [6.07, 6.45) is -1.63. The Labute approximate surface area is 205 Å². The molecule has 13 heteroatoms. The van der Waals surface area contributed by atoms with Gasteiger partial charge in [0.2, 0.25) is 5.28 Å². The number of halogens is 1. The Morgan fingerprint density at radius 3 is 2.71 bits per heavy atom. The average Bonchev–Trinajstić information content (AvgIpc) is 3.45. The number of fused-ring (bicyclic) bond motifs is 3. The van der Waals surface area contributed by atoms with Gasteiger partial charge in [-0.1, -0.05) is 24.3 Å². The molecule has 186 valence electrons. The maximum Gasteiger partial charge on any atom is 0.325 e. The van der Waals surface area contributed by atoms with Crippen LogP contribution in [0.5, 0.6) is 0 Å². The maximum atomic E-state index is 11.2. The number of rotatable bonds is 5. The van der Waals surface area contributed by atoms with Gasteiger partial charge in [-0.3, -0.25) is 9.13 Å². The molecule has 3 aromatic rings. The van der Waals surface area contributed by atoms with Crippen LogP contribution in [0.3, 0.4) is 0 Å². The standard InChI is InChI=1S/C22H25ClN5O6P/c23-21-25-18(27-9-22(10-27)7-5-12-3-1-2-4-13(12)22)15-19(26-21)28(11-24-15)20-17(30)16(29)14(34-20)6-8-35(31,32)33/h1-4,11,14,16-17,20,29-30H,5-10H2,(H2,31,32,33)/t14-,16?,17+,20-/m1/s1. The molecule has 4 atom stereocenters. The van der Waals surface area contributed by atoms with Gasteiger partial charge in [-0.05, 0) is 42.0 Å². The van der Waals surface area contributed by atoms with Crippen LogP contribution in [0, 0.1) is 0 Å². The number of hydrogen-bond donors (Lipinski definition) is 4. The molecule has 6 rings (SSSR count). The summed E-state index contributed by atoms with van der Waals surface area (Å²) in [5.41, 5.74) is 3.71. The second kappa shape index (κ2) is 8.21. The van der Waals surface area contributed by atoms with E-state index in [0.717, 1.165) is 25.9 Å². The number of anilines is 1. The molecule has 4 heterocycles. The van der Waals surface area contributed by atoms with E-state index in [1.807, 2.05) is 0 Å². The van der Waals surface area contributed by atoms with Crippen molar-refractivity contribution in [2.24, 2.45) is 0 Å². The van der Waals surface area contributed by atoms with Crippen molar-refractivity contribution < 1.29 is 29.3 Å². The molecule has 2 aliphatic heterocycles. The third kappa shape index (κ3) is 3.86. The summed E-state index contributed by atoms with van der Waals surface area (Å²) in [6.45, 7) is 1.57. The topological polar surface area (TPSA) is 154 Å². The molecular weight excluding hydrogens is 497 g/mol. The highest BCUT2D eigenvalue weighted by atomic mass is 35.5. The predicted octanol–water partition coefficient (Wildman–Crippen LogP) is 1.37. The van der Waals surface area contributed by atoms with Crippen molar-refractivity contribution in [3.63, 3.8) is 0 Å². The fourth-order valence-electron chi connectivity index (χ4n) is 5.70. The first-order valence-corrected chi connectivity index (χ1v) is 13.6. The second-order valence-electron chi connectivity index (χ2n) is 9.66. The van der Waals surface area contributed by atoms with Gasteiger partial charge in [0.05, 0.1) is 18.6 Å². The van der Waals surface area contributed by atoms with E-state index in [2.05, 4.69) is 44.1 Å². The van der Waals surface area contributed by atoms with E-state index < -0.39 is 38.3 Å². The van der Waals surface area contributed by atoms with Crippen molar-refractivity contribution >= 4 is 36.2 Å². The lowest BCUT2D eigenvalue weighted by atomic mass is 9.75. The van der Waals surface area contributed by atoms with Crippen molar-refractivity contribution in [3.05, 3.63) is 47.0 Å². The highest BCUT2D eigenvalue weighted by Crippen LogP contribution is 2.47. The van der Waals surface area contributed by atoms with E-state index in [1.54, 1.807) is 0 Å². The first-order valence-electron chi connectivity index (χ1n) is 11.4.